The highest BCUT2D eigenvalue weighted by Crippen LogP contribution is 2.16. The molecule has 1 atom stereocenters. The Morgan fingerprint density at radius 2 is 2.21 bits per heavy atom. The minimum atomic E-state index is 0.220. The molecule has 0 radical (unpaired) electrons. The summed E-state index contributed by atoms with van der Waals surface area (Å²) >= 11 is 0. The first-order chi connectivity index (χ1) is 6.58. The topological polar surface area (TPSA) is 37.3 Å². The van der Waals surface area contributed by atoms with Crippen molar-refractivity contribution >= 4 is 5.78 Å². The molecule has 0 aliphatic heterocycles. The van der Waals surface area contributed by atoms with E-state index < -0.39 is 0 Å². The summed E-state index contributed by atoms with van der Waals surface area (Å²) in [6.45, 7) is 3.66. The van der Waals surface area contributed by atoms with Crippen LogP contribution in [0.15, 0.2) is 24.3 Å². The van der Waals surface area contributed by atoms with Crippen LogP contribution in [0, 0.1) is 5.92 Å². The van der Waals surface area contributed by atoms with Crippen LogP contribution in [-0.2, 0) is 11.2 Å². The molecule has 0 saturated carbocycles. The van der Waals surface area contributed by atoms with Gasteiger partial charge in [0.25, 0.3) is 0 Å². The van der Waals surface area contributed by atoms with Crippen LogP contribution in [0.5, 0.6) is 5.75 Å². The Morgan fingerprint density at radius 1 is 1.50 bits per heavy atom. The minimum Gasteiger partial charge on any atom is -0.508 e. The lowest BCUT2D eigenvalue weighted by Crippen LogP contribution is -2.04. The van der Waals surface area contributed by atoms with E-state index >= 15 is 0 Å². The predicted molar refractivity (Wildman–Crippen MR) is 56.3 cm³/mol. The number of carbonyl (C=O) groups excluding carboxylic acids is 1. The number of phenolic OH excluding ortho intramolecular Hbond substituents is 1. The van der Waals surface area contributed by atoms with Gasteiger partial charge in [0.1, 0.15) is 11.5 Å². The van der Waals surface area contributed by atoms with Crippen LogP contribution in [0.4, 0.5) is 0 Å². The van der Waals surface area contributed by atoms with E-state index in [-0.39, 0.29) is 11.5 Å². The highest BCUT2D eigenvalue weighted by atomic mass is 16.3. The van der Waals surface area contributed by atoms with E-state index in [0.717, 1.165) is 12.0 Å². The van der Waals surface area contributed by atoms with E-state index in [2.05, 4.69) is 0 Å². The third-order valence-electron chi connectivity index (χ3n) is 2.13. The normalized spacial score (nSPS) is 12.4. The third-order valence-corrected chi connectivity index (χ3v) is 2.13. The Kier molecular flexibility index (Phi) is 3.69. The zero-order valence-electron chi connectivity index (χ0n) is 8.66. The predicted octanol–water partition coefficient (Wildman–Crippen LogP) is 2.55. The first-order valence-electron chi connectivity index (χ1n) is 4.85. The Morgan fingerprint density at radius 3 is 2.79 bits per heavy atom. The standard InChI is InChI=1S/C12H16O2/c1-9(6-10(2)13)7-11-4-3-5-12(14)8-11/h3-5,8-9,14H,6-7H2,1-2H3. The molecule has 2 nitrogen and oxygen atoms in total. The number of aromatic hydroxyl groups is 1. The Balaban J connectivity index is 2.55. The van der Waals surface area contributed by atoms with Crippen molar-refractivity contribution in [3.63, 3.8) is 0 Å². The number of Topliss-reactive ketones (excluding diaryl/α,β-unsaturated/α-hetero) is 1. The van der Waals surface area contributed by atoms with E-state index in [1.807, 2.05) is 19.1 Å². The quantitative estimate of drug-likeness (QED) is 0.796. The van der Waals surface area contributed by atoms with Crippen LogP contribution in [0.25, 0.3) is 0 Å². The molecule has 1 rings (SSSR count). The third kappa shape index (κ3) is 3.60. The van der Waals surface area contributed by atoms with Gasteiger partial charge in [-0.05, 0) is 37.0 Å². The summed E-state index contributed by atoms with van der Waals surface area (Å²) in [5.74, 6) is 0.851. The number of ketones is 1. The summed E-state index contributed by atoms with van der Waals surface area (Å²) in [5.41, 5.74) is 1.08. The number of hydrogen-bond donors (Lipinski definition) is 1. The zero-order valence-corrected chi connectivity index (χ0v) is 8.66. The van der Waals surface area contributed by atoms with Gasteiger partial charge in [0.2, 0.25) is 0 Å². The average Bonchev–Trinajstić information content (AvgIpc) is 2.01. The smallest absolute Gasteiger partial charge is 0.130 e. The van der Waals surface area contributed by atoms with Crippen LogP contribution in [0.3, 0.4) is 0 Å². The molecule has 0 aromatic heterocycles. The van der Waals surface area contributed by atoms with Gasteiger partial charge in [-0.3, -0.25) is 0 Å². The molecule has 0 fully saturated rings. The van der Waals surface area contributed by atoms with Gasteiger partial charge in [0, 0.05) is 6.42 Å². The van der Waals surface area contributed by atoms with Crippen LogP contribution in [0.2, 0.25) is 0 Å². The highest BCUT2D eigenvalue weighted by molar-refractivity contribution is 5.75. The van der Waals surface area contributed by atoms with E-state index in [4.69, 9.17) is 0 Å². The van der Waals surface area contributed by atoms with Gasteiger partial charge >= 0.3 is 0 Å². The van der Waals surface area contributed by atoms with Gasteiger partial charge < -0.3 is 9.90 Å². The van der Waals surface area contributed by atoms with Crippen molar-refractivity contribution in [1.29, 1.82) is 0 Å². The van der Waals surface area contributed by atoms with E-state index in [1.54, 1.807) is 19.1 Å². The maximum atomic E-state index is 10.9. The Hall–Kier alpha value is -1.31. The van der Waals surface area contributed by atoms with Crippen molar-refractivity contribution in [2.24, 2.45) is 5.92 Å². The van der Waals surface area contributed by atoms with Crippen LogP contribution in [-0.4, -0.2) is 10.9 Å². The summed E-state index contributed by atoms with van der Waals surface area (Å²) in [6.07, 6.45) is 1.45. The largest absolute Gasteiger partial charge is 0.508 e. The molecule has 2 heteroatoms. The second-order valence-electron chi connectivity index (χ2n) is 3.89. The summed E-state index contributed by atoms with van der Waals surface area (Å²) in [6, 6.07) is 7.19. The lowest BCUT2D eigenvalue weighted by Gasteiger charge is -2.09. The van der Waals surface area contributed by atoms with E-state index in [9.17, 15) is 9.90 Å². The van der Waals surface area contributed by atoms with Crippen molar-refractivity contribution in [3.05, 3.63) is 29.8 Å². The molecule has 0 aliphatic rings. The van der Waals surface area contributed by atoms with Crippen molar-refractivity contribution in [1.82, 2.24) is 0 Å². The van der Waals surface area contributed by atoms with Crippen molar-refractivity contribution in [2.75, 3.05) is 0 Å². The fraction of sp³-hybridized carbons (Fsp3) is 0.417. The second kappa shape index (κ2) is 4.80. The molecule has 1 aromatic rings. The lowest BCUT2D eigenvalue weighted by molar-refractivity contribution is -0.117. The number of carbonyl (C=O) groups is 1. The van der Waals surface area contributed by atoms with Crippen molar-refractivity contribution in [3.8, 4) is 5.75 Å². The molecule has 0 spiro atoms. The van der Waals surface area contributed by atoms with Gasteiger partial charge in [-0.1, -0.05) is 19.1 Å². The second-order valence-corrected chi connectivity index (χ2v) is 3.89. The van der Waals surface area contributed by atoms with Crippen molar-refractivity contribution in [2.45, 2.75) is 26.7 Å². The first-order valence-corrected chi connectivity index (χ1v) is 4.85. The summed E-state index contributed by atoms with van der Waals surface area (Å²) < 4.78 is 0. The number of benzene rings is 1. The molecular weight excluding hydrogens is 176 g/mol. The monoisotopic (exact) mass is 192 g/mol. The number of phenols is 1. The summed E-state index contributed by atoms with van der Waals surface area (Å²) in [7, 11) is 0. The van der Waals surface area contributed by atoms with Crippen LogP contribution in [0.1, 0.15) is 25.8 Å². The van der Waals surface area contributed by atoms with Crippen LogP contribution >= 0.6 is 0 Å². The summed E-state index contributed by atoms with van der Waals surface area (Å²) in [4.78, 5) is 10.9. The zero-order chi connectivity index (χ0) is 10.6. The lowest BCUT2D eigenvalue weighted by atomic mass is 9.96. The first kappa shape index (κ1) is 10.8. The van der Waals surface area contributed by atoms with Crippen LogP contribution < -0.4 is 0 Å². The van der Waals surface area contributed by atoms with Gasteiger partial charge in [0.05, 0.1) is 0 Å². The minimum absolute atomic E-state index is 0.220. The highest BCUT2D eigenvalue weighted by Gasteiger charge is 2.06. The summed E-state index contributed by atoms with van der Waals surface area (Å²) in [5, 5.41) is 9.24. The molecule has 0 heterocycles. The molecule has 0 saturated heterocycles. The van der Waals surface area contributed by atoms with Gasteiger partial charge in [-0.15, -0.1) is 0 Å². The van der Waals surface area contributed by atoms with E-state index in [1.165, 1.54) is 0 Å². The Labute approximate surface area is 84.6 Å². The molecule has 0 amide bonds. The molecule has 14 heavy (non-hydrogen) atoms. The molecule has 0 bridgehead atoms. The van der Waals surface area contributed by atoms with E-state index in [0.29, 0.717) is 12.3 Å². The fourth-order valence-corrected chi connectivity index (χ4v) is 1.65. The maximum Gasteiger partial charge on any atom is 0.130 e. The number of hydrogen-bond acceptors (Lipinski definition) is 2. The maximum absolute atomic E-state index is 10.9. The Bertz CT molecular complexity index is 318. The van der Waals surface area contributed by atoms with Crippen molar-refractivity contribution < 1.29 is 9.90 Å². The molecule has 1 N–H and O–H groups in total. The average molecular weight is 192 g/mol. The molecule has 1 unspecified atom stereocenters. The molecule has 0 aliphatic carbocycles. The molecule has 76 valence electrons. The number of rotatable bonds is 4. The molecular formula is C12H16O2. The van der Waals surface area contributed by atoms with Gasteiger partial charge in [0.15, 0.2) is 0 Å². The van der Waals surface area contributed by atoms with Gasteiger partial charge in [-0.25, -0.2) is 0 Å². The molecule has 1 aromatic carbocycles. The SMILES string of the molecule is CC(=O)CC(C)Cc1cccc(O)c1. The fourth-order valence-electron chi connectivity index (χ4n) is 1.65. The van der Waals surface area contributed by atoms with Gasteiger partial charge in [-0.2, -0.15) is 0 Å².